The summed E-state index contributed by atoms with van der Waals surface area (Å²) >= 11 is 0. The molecule has 1 atom stereocenters. The van der Waals surface area contributed by atoms with Crippen LogP contribution in [0.25, 0.3) is 0 Å². The molecule has 0 saturated heterocycles. The van der Waals surface area contributed by atoms with E-state index in [1.807, 2.05) is 20.8 Å². The minimum atomic E-state index is -0.582. The number of hydrogen-bond acceptors (Lipinski definition) is 4. The van der Waals surface area contributed by atoms with Gasteiger partial charge in [0.1, 0.15) is 0 Å². The van der Waals surface area contributed by atoms with E-state index in [9.17, 15) is 9.59 Å². The van der Waals surface area contributed by atoms with Crippen LogP contribution < -0.4 is 16.4 Å². The highest BCUT2D eigenvalue weighted by Gasteiger charge is 2.17. The molecular formula is C14H25N5O2. The number of nitrogens with one attached hydrogen (secondary N) is 3. The Morgan fingerprint density at radius 3 is 2.67 bits per heavy atom. The van der Waals surface area contributed by atoms with Crippen LogP contribution in [0.4, 0.5) is 0 Å². The Morgan fingerprint density at radius 2 is 2.10 bits per heavy atom. The van der Waals surface area contributed by atoms with Crippen LogP contribution in [-0.2, 0) is 16.0 Å². The number of nitrogens with zero attached hydrogens (tertiary/aromatic N) is 1. The molecule has 0 aromatic carbocycles. The summed E-state index contributed by atoms with van der Waals surface area (Å²) in [5, 5.41) is 12.1. The highest BCUT2D eigenvalue weighted by molar-refractivity contribution is 5.87. The summed E-state index contributed by atoms with van der Waals surface area (Å²) in [6.07, 6.45) is 3.48. The van der Waals surface area contributed by atoms with Gasteiger partial charge in [0.25, 0.3) is 0 Å². The van der Waals surface area contributed by atoms with Crippen LogP contribution in [0.2, 0.25) is 0 Å². The molecule has 1 heterocycles. The van der Waals surface area contributed by atoms with Crippen LogP contribution >= 0.6 is 0 Å². The van der Waals surface area contributed by atoms with Crippen molar-refractivity contribution < 1.29 is 9.59 Å². The molecule has 0 spiro atoms. The van der Waals surface area contributed by atoms with E-state index < -0.39 is 6.04 Å². The molecule has 5 N–H and O–H groups in total. The molecule has 21 heavy (non-hydrogen) atoms. The number of rotatable bonds is 8. The Balaban J connectivity index is 2.14. The third kappa shape index (κ3) is 5.95. The second kappa shape index (κ2) is 8.41. The van der Waals surface area contributed by atoms with E-state index in [0.29, 0.717) is 6.54 Å². The van der Waals surface area contributed by atoms with Gasteiger partial charge in [0, 0.05) is 12.2 Å². The summed E-state index contributed by atoms with van der Waals surface area (Å²) < 4.78 is 0. The fraction of sp³-hybridized carbons (Fsp3) is 0.643. The predicted molar refractivity (Wildman–Crippen MR) is 80.5 cm³/mol. The van der Waals surface area contributed by atoms with Crippen LogP contribution in [0.5, 0.6) is 0 Å². The standard InChI is InChI=1S/C14H25N5O2/c1-9(2)13(15)14(21)17-8-12(20)16-6-4-5-11-7-18-19-10(11)3/h7,9,13H,4-6,8,15H2,1-3H3,(H,16,20)(H,17,21)(H,18,19)/t13-/m0/s1. The normalized spacial score (nSPS) is 12.2. The van der Waals surface area contributed by atoms with Gasteiger partial charge in [0.05, 0.1) is 18.8 Å². The quantitative estimate of drug-likeness (QED) is 0.500. The van der Waals surface area contributed by atoms with E-state index >= 15 is 0 Å². The van der Waals surface area contributed by atoms with E-state index in [-0.39, 0.29) is 24.3 Å². The van der Waals surface area contributed by atoms with Gasteiger partial charge in [0.2, 0.25) is 11.8 Å². The van der Waals surface area contributed by atoms with E-state index in [2.05, 4.69) is 20.8 Å². The number of aromatic amines is 1. The molecule has 1 aromatic heterocycles. The molecule has 2 amide bonds. The van der Waals surface area contributed by atoms with Gasteiger partial charge in [-0.1, -0.05) is 13.8 Å². The van der Waals surface area contributed by atoms with Crippen molar-refractivity contribution in [2.75, 3.05) is 13.1 Å². The van der Waals surface area contributed by atoms with Gasteiger partial charge in [-0.2, -0.15) is 5.10 Å². The van der Waals surface area contributed by atoms with E-state index in [1.54, 1.807) is 6.20 Å². The number of aromatic nitrogens is 2. The van der Waals surface area contributed by atoms with Gasteiger partial charge < -0.3 is 16.4 Å². The monoisotopic (exact) mass is 295 g/mol. The highest BCUT2D eigenvalue weighted by atomic mass is 16.2. The summed E-state index contributed by atoms with van der Waals surface area (Å²) in [5.74, 6) is -0.455. The maximum Gasteiger partial charge on any atom is 0.239 e. The van der Waals surface area contributed by atoms with Gasteiger partial charge >= 0.3 is 0 Å². The smallest absolute Gasteiger partial charge is 0.239 e. The summed E-state index contributed by atoms with van der Waals surface area (Å²) in [6, 6.07) is -0.582. The number of carbonyl (C=O) groups is 2. The third-order valence-electron chi connectivity index (χ3n) is 3.32. The van der Waals surface area contributed by atoms with Crippen molar-refractivity contribution in [3.8, 4) is 0 Å². The lowest BCUT2D eigenvalue weighted by atomic mass is 10.1. The van der Waals surface area contributed by atoms with E-state index in [0.717, 1.165) is 24.1 Å². The number of nitrogens with two attached hydrogens (primary N) is 1. The molecule has 0 aliphatic heterocycles. The highest BCUT2D eigenvalue weighted by Crippen LogP contribution is 2.04. The Labute approximate surface area is 125 Å². The fourth-order valence-corrected chi connectivity index (χ4v) is 1.78. The molecule has 0 aliphatic carbocycles. The topological polar surface area (TPSA) is 113 Å². The zero-order valence-corrected chi connectivity index (χ0v) is 12.9. The van der Waals surface area contributed by atoms with Crippen LogP contribution in [-0.4, -0.2) is 41.1 Å². The molecule has 0 unspecified atom stereocenters. The van der Waals surface area contributed by atoms with E-state index in [4.69, 9.17) is 5.73 Å². The predicted octanol–water partition coefficient (Wildman–Crippen LogP) is -0.134. The second-order valence-electron chi connectivity index (χ2n) is 5.46. The average molecular weight is 295 g/mol. The summed E-state index contributed by atoms with van der Waals surface area (Å²) in [5.41, 5.74) is 7.89. The first-order valence-corrected chi connectivity index (χ1v) is 7.20. The minimum Gasteiger partial charge on any atom is -0.355 e. The van der Waals surface area contributed by atoms with Crippen LogP contribution in [0.15, 0.2) is 6.20 Å². The van der Waals surface area contributed by atoms with Gasteiger partial charge in [-0.05, 0) is 31.2 Å². The Kier molecular flexibility index (Phi) is 6.87. The maximum absolute atomic E-state index is 11.6. The molecule has 7 nitrogen and oxygen atoms in total. The van der Waals surface area contributed by atoms with Crippen LogP contribution in [0, 0.1) is 12.8 Å². The lowest BCUT2D eigenvalue weighted by Gasteiger charge is -2.15. The van der Waals surface area contributed by atoms with Crippen LogP contribution in [0.3, 0.4) is 0 Å². The summed E-state index contributed by atoms with van der Waals surface area (Å²) in [4.78, 5) is 23.2. The molecule has 1 rings (SSSR count). The van der Waals surface area contributed by atoms with Gasteiger partial charge in [-0.3, -0.25) is 14.7 Å². The lowest BCUT2D eigenvalue weighted by Crippen LogP contribution is -2.47. The zero-order valence-electron chi connectivity index (χ0n) is 12.9. The van der Waals surface area contributed by atoms with Gasteiger partial charge in [-0.15, -0.1) is 0 Å². The second-order valence-corrected chi connectivity index (χ2v) is 5.46. The van der Waals surface area contributed by atoms with Crippen molar-refractivity contribution in [3.05, 3.63) is 17.5 Å². The minimum absolute atomic E-state index is 0.0377. The van der Waals surface area contributed by atoms with Gasteiger partial charge in [-0.25, -0.2) is 0 Å². The molecule has 0 bridgehead atoms. The Hall–Kier alpha value is -1.89. The van der Waals surface area contributed by atoms with Crippen molar-refractivity contribution >= 4 is 11.8 Å². The Morgan fingerprint density at radius 1 is 1.38 bits per heavy atom. The summed E-state index contributed by atoms with van der Waals surface area (Å²) in [6.45, 7) is 6.22. The summed E-state index contributed by atoms with van der Waals surface area (Å²) in [7, 11) is 0. The SMILES string of the molecule is Cc1[nH]ncc1CCCNC(=O)CNC(=O)[C@@H](N)C(C)C. The number of H-pyrrole nitrogens is 1. The molecular weight excluding hydrogens is 270 g/mol. The Bertz CT molecular complexity index is 470. The molecule has 0 aliphatic rings. The molecule has 0 fully saturated rings. The van der Waals surface area contributed by atoms with Crippen molar-refractivity contribution in [1.29, 1.82) is 0 Å². The van der Waals surface area contributed by atoms with Crippen LogP contribution in [0.1, 0.15) is 31.5 Å². The third-order valence-corrected chi connectivity index (χ3v) is 3.32. The molecule has 0 saturated carbocycles. The van der Waals surface area contributed by atoms with E-state index in [1.165, 1.54) is 0 Å². The lowest BCUT2D eigenvalue weighted by molar-refractivity contribution is -0.127. The van der Waals surface area contributed by atoms with Crippen molar-refractivity contribution in [3.63, 3.8) is 0 Å². The number of carbonyl (C=O) groups excluding carboxylic acids is 2. The van der Waals surface area contributed by atoms with Crippen molar-refractivity contribution in [2.45, 2.75) is 39.7 Å². The van der Waals surface area contributed by atoms with Crippen molar-refractivity contribution in [1.82, 2.24) is 20.8 Å². The average Bonchev–Trinajstić information content (AvgIpc) is 2.85. The number of hydrogen-bond donors (Lipinski definition) is 4. The fourth-order valence-electron chi connectivity index (χ4n) is 1.78. The molecule has 1 aromatic rings. The first kappa shape index (κ1) is 17.2. The molecule has 0 radical (unpaired) electrons. The molecule has 7 heteroatoms. The molecule has 118 valence electrons. The number of aryl methyl sites for hydroxylation is 2. The maximum atomic E-state index is 11.6. The first-order valence-electron chi connectivity index (χ1n) is 7.20. The largest absolute Gasteiger partial charge is 0.355 e. The van der Waals surface area contributed by atoms with Crippen molar-refractivity contribution in [2.24, 2.45) is 11.7 Å². The number of amides is 2. The first-order chi connectivity index (χ1) is 9.91. The van der Waals surface area contributed by atoms with Gasteiger partial charge in [0.15, 0.2) is 0 Å². The zero-order chi connectivity index (χ0) is 15.8.